The second kappa shape index (κ2) is 10.1. The van der Waals surface area contributed by atoms with Crippen LogP contribution in [0.1, 0.15) is 49.7 Å². The third kappa shape index (κ3) is 5.47. The van der Waals surface area contributed by atoms with Crippen molar-refractivity contribution in [3.63, 3.8) is 0 Å². The number of likely N-dealkylation sites (tertiary alicyclic amines) is 1. The van der Waals surface area contributed by atoms with Crippen LogP contribution in [0.15, 0.2) is 18.2 Å². The van der Waals surface area contributed by atoms with Crippen LogP contribution in [0.5, 0.6) is 0 Å². The van der Waals surface area contributed by atoms with Gasteiger partial charge in [-0.3, -0.25) is 19.4 Å². The van der Waals surface area contributed by atoms with Crippen LogP contribution in [-0.2, 0) is 9.59 Å². The molecule has 6 nitrogen and oxygen atoms in total. The zero-order valence-electron chi connectivity index (χ0n) is 19.2. The molecule has 1 saturated carbocycles. The number of aryl methyl sites for hydroxylation is 2. The highest BCUT2D eigenvalue weighted by Gasteiger charge is 2.36. The predicted molar refractivity (Wildman–Crippen MR) is 124 cm³/mol. The number of para-hydroxylation sites is 1. The Morgan fingerprint density at radius 2 is 1.48 bits per heavy atom. The highest BCUT2D eigenvalue weighted by molar-refractivity contribution is 5.93. The second-order valence-corrected chi connectivity index (χ2v) is 9.71. The normalized spacial score (nSPS) is 25.2. The van der Waals surface area contributed by atoms with E-state index in [4.69, 9.17) is 0 Å². The molecule has 3 aliphatic rings. The molecule has 0 unspecified atom stereocenters. The third-order valence-electron chi connectivity index (χ3n) is 7.50. The zero-order chi connectivity index (χ0) is 21.8. The highest BCUT2D eigenvalue weighted by Crippen LogP contribution is 2.35. The summed E-state index contributed by atoms with van der Waals surface area (Å²) in [6, 6.07) is 6.55. The van der Waals surface area contributed by atoms with E-state index in [-0.39, 0.29) is 5.91 Å². The average molecular weight is 427 g/mol. The molecular formula is C25H38N4O2. The van der Waals surface area contributed by atoms with Crippen LogP contribution < -0.4 is 5.32 Å². The number of nitrogens with one attached hydrogen (secondary N) is 1. The van der Waals surface area contributed by atoms with Crippen molar-refractivity contribution in [3.8, 4) is 0 Å². The summed E-state index contributed by atoms with van der Waals surface area (Å²) < 4.78 is 0. The van der Waals surface area contributed by atoms with Gasteiger partial charge in [0.05, 0.1) is 13.1 Å². The molecule has 2 saturated heterocycles. The van der Waals surface area contributed by atoms with Crippen molar-refractivity contribution in [2.24, 2.45) is 5.92 Å². The number of amides is 2. The quantitative estimate of drug-likeness (QED) is 0.786. The van der Waals surface area contributed by atoms with Gasteiger partial charge in [-0.15, -0.1) is 0 Å². The number of fused-ring (bicyclic) bond motifs is 1. The van der Waals surface area contributed by atoms with Crippen molar-refractivity contribution in [2.75, 3.05) is 51.1 Å². The van der Waals surface area contributed by atoms with Gasteiger partial charge in [0.15, 0.2) is 0 Å². The fourth-order valence-electron chi connectivity index (χ4n) is 5.72. The Labute approximate surface area is 187 Å². The average Bonchev–Trinajstić information content (AvgIpc) is 2.77. The van der Waals surface area contributed by atoms with E-state index in [0.717, 1.165) is 61.9 Å². The molecule has 0 spiro atoms. The summed E-state index contributed by atoms with van der Waals surface area (Å²) in [5.41, 5.74) is 3.11. The first-order chi connectivity index (χ1) is 15.0. The fraction of sp³-hybridized carbons (Fsp3) is 0.680. The Balaban J connectivity index is 1.22. The number of piperidine rings is 1. The van der Waals surface area contributed by atoms with Gasteiger partial charge in [-0.2, -0.15) is 0 Å². The molecule has 3 fully saturated rings. The van der Waals surface area contributed by atoms with Crippen LogP contribution >= 0.6 is 0 Å². The number of hydrogen-bond donors (Lipinski definition) is 1. The number of carbonyl (C=O) groups is 2. The molecule has 1 aromatic carbocycles. The predicted octanol–water partition coefficient (Wildman–Crippen LogP) is 3.04. The van der Waals surface area contributed by atoms with Crippen LogP contribution in [0.3, 0.4) is 0 Å². The first-order valence-corrected chi connectivity index (χ1v) is 12.1. The molecule has 31 heavy (non-hydrogen) atoms. The maximum absolute atomic E-state index is 13.1. The van der Waals surface area contributed by atoms with E-state index in [1.165, 1.54) is 32.1 Å². The minimum Gasteiger partial charge on any atom is -0.338 e. The molecule has 1 aliphatic carbocycles. The first kappa shape index (κ1) is 22.3. The second-order valence-electron chi connectivity index (χ2n) is 9.71. The molecule has 2 aliphatic heterocycles. The Morgan fingerprint density at radius 1 is 0.871 bits per heavy atom. The van der Waals surface area contributed by atoms with E-state index in [0.29, 0.717) is 25.0 Å². The van der Waals surface area contributed by atoms with Crippen molar-refractivity contribution >= 4 is 17.5 Å². The number of carbonyl (C=O) groups excluding carboxylic acids is 2. The Bertz CT molecular complexity index is 765. The molecule has 1 N–H and O–H groups in total. The molecule has 4 rings (SSSR count). The summed E-state index contributed by atoms with van der Waals surface area (Å²) in [7, 11) is 0. The summed E-state index contributed by atoms with van der Waals surface area (Å²) in [4.78, 5) is 32.3. The standard InChI is InChI=1S/C25H38N4O2/c1-19-7-5-8-20(2)25(19)26-23(30)17-27-13-15-28(16-14-27)18-24(31)29-12-6-10-21-9-3-4-11-22(21)29/h5,7-8,21-22H,3-4,6,9-18H2,1-2H3,(H,26,30)/t21-,22+/m1/s1. The molecular weight excluding hydrogens is 388 g/mol. The minimum absolute atomic E-state index is 0.0404. The Kier molecular flexibility index (Phi) is 7.28. The molecule has 6 heteroatoms. The van der Waals surface area contributed by atoms with E-state index in [2.05, 4.69) is 20.0 Å². The number of rotatable bonds is 5. The van der Waals surface area contributed by atoms with E-state index in [9.17, 15) is 9.59 Å². The van der Waals surface area contributed by atoms with E-state index < -0.39 is 0 Å². The van der Waals surface area contributed by atoms with E-state index in [1.807, 2.05) is 32.0 Å². The van der Waals surface area contributed by atoms with Crippen molar-refractivity contribution in [1.29, 1.82) is 0 Å². The molecule has 0 radical (unpaired) electrons. The summed E-state index contributed by atoms with van der Waals surface area (Å²) >= 11 is 0. The third-order valence-corrected chi connectivity index (χ3v) is 7.50. The topological polar surface area (TPSA) is 55.9 Å². The van der Waals surface area contributed by atoms with Crippen molar-refractivity contribution in [2.45, 2.75) is 58.4 Å². The van der Waals surface area contributed by atoms with Gasteiger partial charge >= 0.3 is 0 Å². The fourth-order valence-corrected chi connectivity index (χ4v) is 5.72. The van der Waals surface area contributed by atoms with Gasteiger partial charge in [0, 0.05) is 44.5 Å². The van der Waals surface area contributed by atoms with Gasteiger partial charge in [0.1, 0.15) is 0 Å². The van der Waals surface area contributed by atoms with Crippen LogP contribution in [0.4, 0.5) is 5.69 Å². The van der Waals surface area contributed by atoms with Crippen LogP contribution in [-0.4, -0.2) is 78.4 Å². The van der Waals surface area contributed by atoms with Gasteiger partial charge in [0.25, 0.3) is 0 Å². The molecule has 1 aromatic rings. The lowest BCUT2D eigenvalue weighted by Gasteiger charge is -2.45. The largest absolute Gasteiger partial charge is 0.338 e. The van der Waals surface area contributed by atoms with Gasteiger partial charge in [-0.05, 0) is 56.6 Å². The van der Waals surface area contributed by atoms with Crippen LogP contribution in [0, 0.1) is 19.8 Å². The van der Waals surface area contributed by atoms with Gasteiger partial charge in [-0.25, -0.2) is 0 Å². The molecule has 2 heterocycles. The van der Waals surface area contributed by atoms with Crippen molar-refractivity contribution < 1.29 is 9.59 Å². The number of piperazine rings is 1. The van der Waals surface area contributed by atoms with Crippen molar-refractivity contribution in [3.05, 3.63) is 29.3 Å². The monoisotopic (exact) mass is 426 g/mol. The van der Waals surface area contributed by atoms with Crippen molar-refractivity contribution in [1.82, 2.24) is 14.7 Å². The maximum atomic E-state index is 13.1. The Morgan fingerprint density at radius 3 is 2.19 bits per heavy atom. The summed E-state index contributed by atoms with van der Waals surface area (Å²) in [5, 5.41) is 3.08. The highest BCUT2D eigenvalue weighted by atomic mass is 16.2. The number of benzene rings is 1. The molecule has 2 atom stereocenters. The van der Waals surface area contributed by atoms with Gasteiger partial charge in [-0.1, -0.05) is 31.0 Å². The van der Waals surface area contributed by atoms with Crippen LogP contribution in [0.25, 0.3) is 0 Å². The number of hydrogen-bond acceptors (Lipinski definition) is 4. The summed E-state index contributed by atoms with van der Waals surface area (Å²) in [6.07, 6.45) is 7.57. The Hall–Kier alpha value is -1.92. The maximum Gasteiger partial charge on any atom is 0.238 e. The van der Waals surface area contributed by atoms with Crippen LogP contribution in [0.2, 0.25) is 0 Å². The smallest absolute Gasteiger partial charge is 0.238 e. The first-order valence-electron chi connectivity index (χ1n) is 12.1. The molecule has 0 bridgehead atoms. The minimum atomic E-state index is 0.0404. The van der Waals surface area contributed by atoms with Gasteiger partial charge in [0.2, 0.25) is 11.8 Å². The summed E-state index contributed by atoms with van der Waals surface area (Å²) in [6.45, 7) is 9.30. The zero-order valence-corrected chi connectivity index (χ0v) is 19.2. The van der Waals surface area contributed by atoms with Gasteiger partial charge < -0.3 is 10.2 Å². The lowest BCUT2D eigenvalue weighted by atomic mass is 9.78. The molecule has 2 amide bonds. The SMILES string of the molecule is Cc1cccc(C)c1NC(=O)CN1CCN(CC(=O)N2CCC[C@H]3CCCC[C@@H]32)CC1. The van der Waals surface area contributed by atoms with E-state index >= 15 is 0 Å². The number of nitrogens with zero attached hydrogens (tertiary/aromatic N) is 3. The summed E-state index contributed by atoms with van der Waals surface area (Å²) in [5.74, 6) is 1.09. The number of anilines is 1. The molecule has 170 valence electrons. The van der Waals surface area contributed by atoms with E-state index in [1.54, 1.807) is 0 Å². The molecule has 0 aromatic heterocycles. The lowest BCUT2D eigenvalue weighted by Crippen LogP contribution is -2.55. The lowest BCUT2D eigenvalue weighted by molar-refractivity contribution is -0.139.